The van der Waals surface area contributed by atoms with Gasteiger partial charge in [-0.05, 0) is 72.3 Å². The molecule has 6 rings (SSSR count). The van der Waals surface area contributed by atoms with Crippen LogP contribution in [0.1, 0.15) is 30.7 Å². The molecule has 1 saturated carbocycles. The maximum Gasteiger partial charge on any atom is -0.00597 e. The molecular formula is C35H32P2. The van der Waals surface area contributed by atoms with E-state index in [-0.39, 0.29) is 0 Å². The molecule has 0 N–H and O–H groups in total. The van der Waals surface area contributed by atoms with Gasteiger partial charge >= 0.3 is 0 Å². The van der Waals surface area contributed by atoms with Gasteiger partial charge in [-0.2, -0.15) is 0 Å². The number of hydrogen-bond donors (Lipinski definition) is 0. The zero-order valence-electron chi connectivity index (χ0n) is 21.0. The first-order valence-corrected chi connectivity index (χ1v) is 16.0. The molecule has 0 aliphatic heterocycles. The van der Waals surface area contributed by atoms with E-state index in [0.717, 1.165) is 0 Å². The van der Waals surface area contributed by atoms with Crippen molar-refractivity contribution in [3.05, 3.63) is 151 Å². The minimum atomic E-state index is -0.623. The van der Waals surface area contributed by atoms with Crippen molar-refractivity contribution < 1.29 is 0 Å². The molecule has 182 valence electrons. The fourth-order valence-corrected chi connectivity index (χ4v) is 11.6. The summed E-state index contributed by atoms with van der Waals surface area (Å²) in [6, 6.07) is 54.3. The van der Waals surface area contributed by atoms with Crippen LogP contribution < -0.4 is 26.5 Å². The molecule has 0 unspecified atom stereocenters. The zero-order chi connectivity index (χ0) is 24.9. The summed E-state index contributed by atoms with van der Waals surface area (Å²) in [5, 5.41) is 7.40. The minimum absolute atomic E-state index is 0.448. The van der Waals surface area contributed by atoms with Gasteiger partial charge in [0.25, 0.3) is 0 Å². The Labute approximate surface area is 223 Å². The first-order chi connectivity index (χ1) is 18.4. The lowest BCUT2D eigenvalue weighted by Gasteiger charge is -2.33. The molecule has 1 aliphatic rings. The van der Waals surface area contributed by atoms with Crippen LogP contribution in [-0.2, 0) is 0 Å². The van der Waals surface area contributed by atoms with Crippen molar-refractivity contribution in [2.24, 2.45) is 0 Å². The largest absolute Gasteiger partial charge is 0.0622 e. The van der Waals surface area contributed by atoms with Gasteiger partial charge in [0.15, 0.2) is 0 Å². The first kappa shape index (κ1) is 24.3. The van der Waals surface area contributed by atoms with Gasteiger partial charge in [0, 0.05) is 0 Å². The maximum absolute atomic E-state index is 2.45. The summed E-state index contributed by atoms with van der Waals surface area (Å²) in [6.07, 6.45) is 3.87. The third kappa shape index (κ3) is 5.20. The molecule has 0 spiro atoms. The second-order valence-electron chi connectivity index (χ2n) is 9.71. The summed E-state index contributed by atoms with van der Waals surface area (Å²) in [4.78, 5) is 0. The Morgan fingerprint density at radius 2 is 0.865 bits per heavy atom. The van der Waals surface area contributed by atoms with E-state index < -0.39 is 15.8 Å². The van der Waals surface area contributed by atoms with Gasteiger partial charge in [-0.3, -0.25) is 0 Å². The fraction of sp³-hybridized carbons (Fsp3) is 0.143. The normalized spacial score (nSPS) is 17.4. The molecule has 37 heavy (non-hydrogen) atoms. The summed E-state index contributed by atoms with van der Waals surface area (Å²) in [5.41, 5.74) is 2.22. The predicted molar refractivity (Wildman–Crippen MR) is 165 cm³/mol. The van der Waals surface area contributed by atoms with E-state index in [0.29, 0.717) is 11.6 Å². The third-order valence-electron chi connectivity index (χ3n) is 7.49. The van der Waals surface area contributed by atoms with E-state index in [4.69, 9.17) is 0 Å². The summed E-state index contributed by atoms with van der Waals surface area (Å²) >= 11 is 0. The van der Waals surface area contributed by atoms with Gasteiger partial charge in [-0.15, -0.1) is 0 Å². The second kappa shape index (κ2) is 11.6. The Hall–Kier alpha value is -3.04. The Morgan fingerprint density at radius 1 is 0.432 bits per heavy atom. The topological polar surface area (TPSA) is 0 Å². The zero-order valence-corrected chi connectivity index (χ0v) is 22.8. The lowest BCUT2D eigenvalue weighted by molar-refractivity contribution is 0.737. The number of benzene rings is 5. The lowest BCUT2D eigenvalue weighted by Crippen LogP contribution is -2.29. The molecule has 0 nitrogen and oxygen atoms in total. The van der Waals surface area contributed by atoms with Crippen molar-refractivity contribution in [1.82, 2.24) is 0 Å². The molecule has 1 aliphatic carbocycles. The highest BCUT2D eigenvalue weighted by atomic mass is 31.1. The van der Waals surface area contributed by atoms with Crippen LogP contribution in [0.5, 0.6) is 0 Å². The third-order valence-corrected chi connectivity index (χ3v) is 13.0. The van der Waals surface area contributed by atoms with E-state index in [1.165, 1.54) is 45.8 Å². The quantitative estimate of drug-likeness (QED) is 0.201. The van der Waals surface area contributed by atoms with Crippen LogP contribution in [0.4, 0.5) is 0 Å². The molecule has 0 saturated heterocycles. The summed E-state index contributed by atoms with van der Waals surface area (Å²) < 4.78 is 0. The minimum Gasteiger partial charge on any atom is -0.0622 e. The average Bonchev–Trinajstić information content (AvgIpc) is 3.45. The molecule has 2 atom stereocenters. The van der Waals surface area contributed by atoms with Gasteiger partial charge in [0.2, 0.25) is 0 Å². The van der Waals surface area contributed by atoms with Crippen molar-refractivity contribution in [2.45, 2.75) is 30.8 Å². The Balaban J connectivity index is 1.47. The molecule has 2 heteroatoms. The monoisotopic (exact) mass is 514 g/mol. The molecule has 5 aromatic carbocycles. The number of rotatable bonds is 7. The highest BCUT2D eigenvalue weighted by Gasteiger charge is 2.38. The smallest absolute Gasteiger partial charge is 0.00597 e. The Kier molecular flexibility index (Phi) is 7.60. The van der Waals surface area contributed by atoms with Crippen LogP contribution in [-0.4, -0.2) is 5.66 Å². The average molecular weight is 515 g/mol. The Bertz CT molecular complexity index is 1320. The van der Waals surface area contributed by atoms with E-state index in [1.807, 2.05) is 0 Å². The van der Waals surface area contributed by atoms with Crippen LogP contribution in [0.2, 0.25) is 0 Å². The van der Waals surface area contributed by atoms with E-state index in [2.05, 4.69) is 146 Å². The molecule has 5 aromatic rings. The van der Waals surface area contributed by atoms with Crippen molar-refractivity contribution in [1.29, 1.82) is 0 Å². The molecule has 1 fully saturated rings. The van der Waals surface area contributed by atoms with Crippen LogP contribution in [0.25, 0.3) is 0 Å². The number of hydrogen-bond acceptors (Lipinski definition) is 0. The van der Waals surface area contributed by atoms with Crippen molar-refractivity contribution in [3.63, 3.8) is 0 Å². The lowest BCUT2D eigenvalue weighted by atomic mass is 9.97. The van der Waals surface area contributed by atoms with E-state index >= 15 is 0 Å². The van der Waals surface area contributed by atoms with Gasteiger partial charge in [0.05, 0.1) is 0 Å². The van der Waals surface area contributed by atoms with Crippen LogP contribution in [0.3, 0.4) is 0 Å². The summed E-state index contributed by atoms with van der Waals surface area (Å²) in [5.74, 6) is 0.570. The first-order valence-electron chi connectivity index (χ1n) is 13.3. The van der Waals surface area contributed by atoms with Gasteiger partial charge in [0.1, 0.15) is 0 Å². The fourth-order valence-electron chi connectivity index (χ4n) is 5.91. The van der Waals surface area contributed by atoms with Crippen LogP contribution in [0, 0.1) is 0 Å². The molecule has 0 radical (unpaired) electrons. The second-order valence-corrected chi connectivity index (χ2v) is 14.3. The van der Waals surface area contributed by atoms with Crippen LogP contribution in [0.15, 0.2) is 146 Å². The summed E-state index contributed by atoms with van der Waals surface area (Å²) in [6.45, 7) is 0. The van der Waals surface area contributed by atoms with Gasteiger partial charge in [-0.25, -0.2) is 0 Å². The molecule has 0 aromatic heterocycles. The maximum atomic E-state index is 2.45. The predicted octanol–water partition coefficient (Wildman–Crippen LogP) is 7.21. The summed E-state index contributed by atoms with van der Waals surface area (Å²) in [7, 11) is -1.07. The molecule has 0 heterocycles. The van der Waals surface area contributed by atoms with Crippen LogP contribution >= 0.6 is 15.8 Å². The van der Waals surface area contributed by atoms with Crippen molar-refractivity contribution in [2.75, 3.05) is 0 Å². The van der Waals surface area contributed by atoms with E-state index in [9.17, 15) is 0 Å². The SMILES string of the molecule is c1ccc(P(c2ccccc2)c2ccccc2[C@H]2CCC[C@@H]2P(c2ccccc2)c2ccccc2)cc1. The van der Waals surface area contributed by atoms with Crippen molar-refractivity contribution >= 4 is 42.4 Å². The van der Waals surface area contributed by atoms with Crippen molar-refractivity contribution in [3.8, 4) is 0 Å². The standard InChI is InChI=1S/C35H32P2/c1-5-16-28(17-6-1)36(29-18-7-2-8-19-29)34-26-14-13-24-32(34)33-25-15-27-35(33)37(30-20-9-3-10-21-30)31-22-11-4-12-23-31/h1-14,16-24,26,33,35H,15,25,27H2/t33-,35+/m1/s1. The molecule has 0 amide bonds. The van der Waals surface area contributed by atoms with Gasteiger partial charge < -0.3 is 0 Å². The molecular weight excluding hydrogens is 482 g/mol. The van der Waals surface area contributed by atoms with E-state index in [1.54, 1.807) is 5.56 Å². The Morgan fingerprint density at radius 3 is 1.38 bits per heavy atom. The highest BCUT2D eigenvalue weighted by Crippen LogP contribution is 2.54. The van der Waals surface area contributed by atoms with Gasteiger partial charge in [-0.1, -0.05) is 152 Å². The molecule has 0 bridgehead atoms. The highest BCUT2D eigenvalue weighted by molar-refractivity contribution is 7.80.